The van der Waals surface area contributed by atoms with Gasteiger partial charge in [0.05, 0.1) is 44.8 Å². The van der Waals surface area contributed by atoms with E-state index in [0.717, 1.165) is 44.1 Å². The molecule has 16 heteroatoms. The van der Waals surface area contributed by atoms with Crippen LogP contribution in [0.5, 0.6) is 0 Å². The molecule has 0 atom stereocenters. The van der Waals surface area contributed by atoms with Crippen LogP contribution in [0.2, 0.25) is 0 Å². The number of benzene rings is 4. The molecule has 23 N–H and O–H groups in total. The minimum atomic E-state index is 0. The maximum Gasteiger partial charge on any atom is 0.232 e. The molecule has 220 valence electrons. The van der Waals surface area contributed by atoms with E-state index in [2.05, 4.69) is 19.9 Å². The minimum absolute atomic E-state index is 0. The number of aromatic nitrogens is 4. The quantitative estimate of drug-likeness (QED) is 0.0991. The van der Waals surface area contributed by atoms with Crippen LogP contribution in [0.4, 0.5) is 22.7 Å². The lowest BCUT2D eigenvalue weighted by Gasteiger charge is -2.04. The van der Waals surface area contributed by atoms with Gasteiger partial charge in [0.15, 0.2) is 0 Å². The van der Waals surface area contributed by atoms with E-state index in [1.165, 1.54) is 0 Å². The van der Waals surface area contributed by atoms with Gasteiger partial charge in [-0.15, -0.1) is 0 Å². The average Bonchev–Trinajstić information content (AvgIpc) is 2.79. The van der Waals surface area contributed by atoms with Gasteiger partial charge in [-0.3, -0.25) is 0 Å². The van der Waals surface area contributed by atoms with Crippen molar-refractivity contribution in [2.45, 2.75) is 0 Å². The van der Waals surface area contributed by atoms with Gasteiger partial charge in [0, 0.05) is 12.1 Å². The maximum absolute atomic E-state index is 5.76. The van der Waals surface area contributed by atoms with Gasteiger partial charge in [-0.05, 0) is 36.4 Å². The Labute approximate surface area is 233 Å². The van der Waals surface area contributed by atoms with Crippen molar-refractivity contribution in [3.63, 3.8) is 0 Å². The third-order valence-electron chi connectivity index (χ3n) is 5.16. The molecule has 0 aliphatic heterocycles. The topological polar surface area (TPSA) is 377 Å². The molecule has 6 aromatic rings. The molecular formula is C24H35ClN8O7. The first-order chi connectivity index (χ1) is 15.5. The number of anilines is 4. The molecule has 0 unspecified atom stereocenters. The van der Waals surface area contributed by atoms with Crippen molar-refractivity contribution in [3.05, 3.63) is 72.8 Å². The number of hydrogen-bond donors (Lipinski definition) is 4. The number of rotatable bonds is 0. The lowest BCUT2D eigenvalue weighted by molar-refractivity contribution is -0.310. The molecular weight excluding hydrogens is 548 g/mol. The number of para-hydroxylation sites is 4. The Kier molecular flexibility index (Phi) is 18.0. The van der Waals surface area contributed by atoms with Crippen LogP contribution in [0.1, 0.15) is 0 Å². The van der Waals surface area contributed by atoms with E-state index in [9.17, 15) is 0 Å². The second-order valence-electron chi connectivity index (χ2n) is 7.43. The number of nitrogens with two attached hydrogens (primary N) is 4. The summed E-state index contributed by atoms with van der Waals surface area (Å²) in [6.45, 7) is 0. The summed E-state index contributed by atoms with van der Waals surface area (Å²) in [6.07, 6.45) is 0. The lowest BCUT2D eigenvalue weighted by Crippen LogP contribution is -3.00. The van der Waals surface area contributed by atoms with Crippen molar-refractivity contribution in [3.8, 4) is 0 Å². The standard InChI is InChI=1S/2C12H10N4.ClH.7H2O/c2*13-7-5-11-12(6-8(7)14)16-10-4-2-1-3-9(10)15-11;;;;;;;;/h2*1-6H,13-14H2;1H;7*1H2. The molecule has 0 aliphatic carbocycles. The summed E-state index contributed by atoms with van der Waals surface area (Å²) in [5.41, 5.74) is 32.1. The Balaban J connectivity index is -0.000000270. The zero-order valence-corrected chi connectivity index (χ0v) is 21.7. The van der Waals surface area contributed by atoms with Gasteiger partial charge in [-0.1, -0.05) is 24.3 Å². The Bertz CT molecular complexity index is 1420. The fourth-order valence-corrected chi connectivity index (χ4v) is 3.47. The Morgan fingerprint density at radius 1 is 0.400 bits per heavy atom. The summed E-state index contributed by atoms with van der Waals surface area (Å²) in [7, 11) is 0. The van der Waals surface area contributed by atoms with Gasteiger partial charge in [-0.2, -0.15) is 0 Å². The molecule has 2 heterocycles. The van der Waals surface area contributed by atoms with Gasteiger partial charge in [-0.25, -0.2) is 19.9 Å². The number of nitrogens with zero attached hydrogens (tertiary/aromatic N) is 3. The van der Waals surface area contributed by atoms with Crippen LogP contribution in [-0.2, 0) is 0 Å². The maximum atomic E-state index is 5.76. The number of halogens is 1. The minimum Gasteiger partial charge on any atom is -1.00 e. The van der Waals surface area contributed by atoms with Gasteiger partial charge in [0.1, 0.15) is 11.0 Å². The molecule has 0 radical (unpaired) electrons. The Morgan fingerprint density at radius 3 is 1.23 bits per heavy atom. The predicted octanol–water partition coefficient (Wildman–Crippen LogP) is -5.45. The molecule has 0 fully saturated rings. The SMILES string of the molecule is Nc1cc2nc3ccccc3[nH+]c2cc1N.Nc1cc2nc3ccccc3nc2cc1N.O.O.O.O.O.O.O.[Cl-]. The van der Waals surface area contributed by atoms with Crippen molar-refractivity contribution in [2.75, 3.05) is 22.9 Å². The molecule has 15 nitrogen and oxygen atoms in total. The highest BCUT2D eigenvalue weighted by atomic mass is 35.5. The summed E-state index contributed by atoms with van der Waals surface area (Å²) in [4.78, 5) is 16.8. The molecule has 4 aromatic carbocycles. The van der Waals surface area contributed by atoms with Gasteiger partial charge >= 0.3 is 0 Å². The molecule has 6 rings (SSSR count). The van der Waals surface area contributed by atoms with E-state index in [-0.39, 0.29) is 50.7 Å². The third kappa shape index (κ3) is 8.14. The molecule has 0 amide bonds. The predicted molar refractivity (Wildman–Crippen MR) is 156 cm³/mol. The first-order valence-corrected chi connectivity index (χ1v) is 9.96. The normalized spacial score (nSPS) is 8.80. The van der Waals surface area contributed by atoms with E-state index >= 15 is 0 Å². The number of fused-ring (bicyclic) bond motifs is 4. The first-order valence-electron chi connectivity index (χ1n) is 9.96. The lowest BCUT2D eigenvalue weighted by atomic mass is 10.2. The van der Waals surface area contributed by atoms with E-state index in [4.69, 9.17) is 22.9 Å². The summed E-state index contributed by atoms with van der Waals surface area (Å²) in [6, 6.07) is 22.7. The van der Waals surface area contributed by atoms with Crippen molar-refractivity contribution < 1.29 is 55.7 Å². The summed E-state index contributed by atoms with van der Waals surface area (Å²) >= 11 is 0. The van der Waals surface area contributed by atoms with Crippen LogP contribution in [0, 0.1) is 0 Å². The molecule has 0 bridgehead atoms. The highest BCUT2D eigenvalue weighted by Gasteiger charge is 2.09. The molecule has 2 aromatic heterocycles. The van der Waals surface area contributed by atoms with Crippen molar-refractivity contribution >= 4 is 66.9 Å². The Hall–Kier alpha value is -4.71. The molecule has 0 spiro atoms. The zero-order valence-electron chi connectivity index (χ0n) is 21.0. The first kappa shape index (κ1) is 42.4. The summed E-state index contributed by atoms with van der Waals surface area (Å²) < 4.78 is 0. The third-order valence-corrected chi connectivity index (χ3v) is 5.16. The number of nitrogens with one attached hydrogen (secondary N) is 1. The van der Waals surface area contributed by atoms with Crippen LogP contribution in [0.3, 0.4) is 0 Å². The average molecular weight is 583 g/mol. The molecule has 0 saturated carbocycles. The smallest absolute Gasteiger partial charge is 0.232 e. The van der Waals surface area contributed by atoms with E-state index < -0.39 is 0 Å². The second-order valence-corrected chi connectivity index (χ2v) is 7.43. The summed E-state index contributed by atoms with van der Waals surface area (Å²) in [5.74, 6) is 0. The number of aromatic amines is 1. The van der Waals surface area contributed by atoms with Gasteiger partial charge < -0.3 is 73.7 Å². The van der Waals surface area contributed by atoms with Crippen LogP contribution in [-0.4, -0.2) is 53.3 Å². The van der Waals surface area contributed by atoms with E-state index in [1.54, 1.807) is 18.2 Å². The van der Waals surface area contributed by atoms with Crippen LogP contribution in [0.25, 0.3) is 44.1 Å². The van der Waals surface area contributed by atoms with E-state index in [0.29, 0.717) is 22.7 Å². The van der Waals surface area contributed by atoms with Crippen LogP contribution in [0.15, 0.2) is 72.8 Å². The van der Waals surface area contributed by atoms with Crippen LogP contribution >= 0.6 is 0 Å². The van der Waals surface area contributed by atoms with Gasteiger partial charge in [0.25, 0.3) is 0 Å². The molecule has 40 heavy (non-hydrogen) atoms. The molecule has 0 saturated heterocycles. The Morgan fingerprint density at radius 2 is 0.750 bits per heavy atom. The van der Waals surface area contributed by atoms with Crippen LogP contribution < -0.4 is 40.3 Å². The van der Waals surface area contributed by atoms with Crippen molar-refractivity contribution in [1.82, 2.24) is 15.0 Å². The number of nitrogen functional groups attached to an aromatic ring is 4. The largest absolute Gasteiger partial charge is 1.00 e. The fraction of sp³-hybridized carbons (Fsp3) is 0. The highest BCUT2D eigenvalue weighted by molar-refractivity contribution is 5.91. The van der Waals surface area contributed by atoms with E-state index in [1.807, 2.05) is 54.6 Å². The monoisotopic (exact) mass is 582 g/mol. The zero-order chi connectivity index (χ0) is 22.2. The molecule has 0 aliphatic rings. The fourth-order valence-electron chi connectivity index (χ4n) is 3.47. The van der Waals surface area contributed by atoms with Crippen molar-refractivity contribution in [1.29, 1.82) is 0 Å². The number of hydrogen-bond acceptors (Lipinski definition) is 7. The second kappa shape index (κ2) is 17.0. The highest BCUT2D eigenvalue weighted by Crippen LogP contribution is 2.23. The number of H-pyrrole nitrogens is 1. The summed E-state index contributed by atoms with van der Waals surface area (Å²) in [5, 5.41) is 0. The van der Waals surface area contributed by atoms with Gasteiger partial charge in [0.2, 0.25) is 11.0 Å². The van der Waals surface area contributed by atoms with Crippen molar-refractivity contribution in [2.24, 2.45) is 0 Å².